The van der Waals surface area contributed by atoms with Crippen molar-refractivity contribution >= 4 is 34.6 Å². The minimum atomic E-state index is 0.000482. The normalized spacial score (nSPS) is 12.9. The van der Waals surface area contributed by atoms with Gasteiger partial charge in [-0.3, -0.25) is 4.79 Å². The van der Waals surface area contributed by atoms with Crippen molar-refractivity contribution < 1.29 is 4.79 Å². The van der Waals surface area contributed by atoms with Gasteiger partial charge in [-0.25, -0.2) is 0 Å². The van der Waals surface area contributed by atoms with E-state index in [1.165, 1.54) is 0 Å². The molecule has 20 heavy (non-hydrogen) atoms. The molecule has 1 amide bonds. The summed E-state index contributed by atoms with van der Waals surface area (Å²) in [5.74, 6) is 0.000482. The molecule has 0 saturated carbocycles. The number of nitrogens with two attached hydrogens (primary N) is 1. The van der Waals surface area contributed by atoms with E-state index in [9.17, 15) is 4.79 Å². The predicted octanol–water partition coefficient (Wildman–Crippen LogP) is 3.03. The lowest BCUT2D eigenvalue weighted by Crippen LogP contribution is -2.03. The summed E-state index contributed by atoms with van der Waals surface area (Å²) in [6, 6.07) is 11.4. The standard InChI is InChI=1S/C15H14ClN3O/c16-11-7-13-10(6-15(20)19-13)5-14(11)18-8-9-3-1-2-4-12(9)17/h1-5,7,18H,6,8,17H2,(H,19,20). The summed E-state index contributed by atoms with van der Waals surface area (Å²) in [5, 5.41) is 6.62. The van der Waals surface area contributed by atoms with Crippen LogP contribution in [-0.2, 0) is 17.8 Å². The smallest absolute Gasteiger partial charge is 0.228 e. The quantitative estimate of drug-likeness (QED) is 0.760. The van der Waals surface area contributed by atoms with Gasteiger partial charge in [0.15, 0.2) is 0 Å². The molecule has 0 bridgehead atoms. The van der Waals surface area contributed by atoms with Gasteiger partial charge in [-0.15, -0.1) is 0 Å². The average Bonchev–Trinajstić information content (AvgIpc) is 2.76. The maximum absolute atomic E-state index is 11.4. The largest absolute Gasteiger partial charge is 0.398 e. The van der Waals surface area contributed by atoms with Crippen molar-refractivity contribution in [3.63, 3.8) is 0 Å². The summed E-state index contributed by atoms with van der Waals surface area (Å²) in [6.45, 7) is 0.590. The number of amides is 1. The molecule has 0 aliphatic carbocycles. The molecule has 0 spiro atoms. The second kappa shape index (κ2) is 5.06. The summed E-state index contributed by atoms with van der Waals surface area (Å²) < 4.78 is 0. The van der Waals surface area contributed by atoms with Crippen molar-refractivity contribution in [2.75, 3.05) is 16.4 Å². The van der Waals surface area contributed by atoms with E-state index in [1.807, 2.05) is 30.3 Å². The molecule has 1 aliphatic rings. The topological polar surface area (TPSA) is 67.2 Å². The van der Waals surface area contributed by atoms with Gasteiger partial charge in [0.2, 0.25) is 5.91 Å². The highest BCUT2D eigenvalue weighted by Crippen LogP contribution is 2.33. The third kappa shape index (κ3) is 2.42. The van der Waals surface area contributed by atoms with E-state index < -0.39 is 0 Å². The third-order valence-corrected chi connectivity index (χ3v) is 3.66. The van der Waals surface area contributed by atoms with E-state index in [4.69, 9.17) is 17.3 Å². The number of fused-ring (bicyclic) bond motifs is 1. The molecule has 1 heterocycles. The Morgan fingerprint density at radius 2 is 2.10 bits per heavy atom. The van der Waals surface area contributed by atoms with E-state index in [2.05, 4.69) is 10.6 Å². The SMILES string of the molecule is Nc1ccccc1CNc1cc2c(cc1Cl)NC(=O)C2. The number of hydrogen-bond donors (Lipinski definition) is 3. The van der Waals surface area contributed by atoms with Crippen LogP contribution in [0.25, 0.3) is 0 Å². The monoisotopic (exact) mass is 287 g/mol. The Hall–Kier alpha value is -2.20. The van der Waals surface area contributed by atoms with Gasteiger partial charge in [-0.05, 0) is 29.3 Å². The Bertz CT molecular complexity index is 685. The van der Waals surface area contributed by atoms with Crippen molar-refractivity contribution in [2.45, 2.75) is 13.0 Å². The zero-order chi connectivity index (χ0) is 14.1. The van der Waals surface area contributed by atoms with Crippen LogP contribution in [0.3, 0.4) is 0 Å². The van der Waals surface area contributed by atoms with E-state index in [1.54, 1.807) is 6.07 Å². The van der Waals surface area contributed by atoms with E-state index in [0.29, 0.717) is 18.0 Å². The molecule has 2 aromatic rings. The summed E-state index contributed by atoms with van der Waals surface area (Å²) in [7, 11) is 0. The lowest BCUT2D eigenvalue weighted by atomic mass is 10.1. The first-order valence-corrected chi connectivity index (χ1v) is 6.71. The molecule has 4 N–H and O–H groups in total. The van der Waals surface area contributed by atoms with Gasteiger partial charge >= 0.3 is 0 Å². The van der Waals surface area contributed by atoms with Crippen molar-refractivity contribution in [3.05, 3.63) is 52.5 Å². The van der Waals surface area contributed by atoms with Gasteiger partial charge in [-0.1, -0.05) is 29.8 Å². The number of carbonyl (C=O) groups excluding carboxylic acids is 1. The molecule has 0 aromatic heterocycles. The van der Waals surface area contributed by atoms with Gasteiger partial charge in [0, 0.05) is 17.9 Å². The molecular formula is C15H14ClN3O. The number of halogens is 1. The first kappa shape index (κ1) is 12.8. The van der Waals surface area contributed by atoms with E-state index in [0.717, 1.165) is 28.2 Å². The summed E-state index contributed by atoms with van der Waals surface area (Å²) in [4.78, 5) is 11.4. The second-order valence-electron chi connectivity index (χ2n) is 4.77. The van der Waals surface area contributed by atoms with Crippen molar-refractivity contribution in [2.24, 2.45) is 0 Å². The van der Waals surface area contributed by atoms with Gasteiger partial charge in [0.1, 0.15) is 0 Å². The van der Waals surface area contributed by atoms with Crippen LogP contribution in [0.2, 0.25) is 5.02 Å². The molecule has 0 unspecified atom stereocenters. The number of hydrogen-bond acceptors (Lipinski definition) is 3. The zero-order valence-electron chi connectivity index (χ0n) is 10.7. The highest BCUT2D eigenvalue weighted by Gasteiger charge is 2.19. The van der Waals surface area contributed by atoms with Crippen molar-refractivity contribution in [1.29, 1.82) is 0 Å². The van der Waals surface area contributed by atoms with Crippen LogP contribution in [0.5, 0.6) is 0 Å². The molecule has 2 aromatic carbocycles. The van der Waals surface area contributed by atoms with Crippen LogP contribution < -0.4 is 16.4 Å². The maximum Gasteiger partial charge on any atom is 0.228 e. The zero-order valence-corrected chi connectivity index (χ0v) is 11.5. The molecule has 0 fully saturated rings. The molecule has 1 aliphatic heterocycles. The molecule has 0 saturated heterocycles. The molecular weight excluding hydrogens is 274 g/mol. The lowest BCUT2D eigenvalue weighted by Gasteiger charge is -2.11. The minimum absolute atomic E-state index is 0.000482. The highest BCUT2D eigenvalue weighted by atomic mass is 35.5. The van der Waals surface area contributed by atoms with Gasteiger partial charge in [0.05, 0.1) is 17.1 Å². The molecule has 5 heteroatoms. The van der Waals surface area contributed by atoms with Crippen LogP contribution >= 0.6 is 11.6 Å². The average molecular weight is 288 g/mol. The number of benzene rings is 2. The van der Waals surface area contributed by atoms with Crippen LogP contribution in [0.15, 0.2) is 36.4 Å². The van der Waals surface area contributed by atoms with Crippen LogP contribution in [-0.4, -0.2) is 5.91 Å². The number of rotatable bonds is 3. The molecule has 3 rings (SSSR count). The molecule has 102 valence electrons. The highest BCUT2D eigenvalue weighted by molar-refractivity contribution is 6.33. The molecule has 4 nitrogen and oxygen atoms in total. The van der Waals surface area contributed by atoms with Crippen LogP contribution in [0, 0.1) is 0 Å². The Kier molecular flexibility index (Phi) is 3.24. The second-order valence-corrected chi connectivity index (χ2v) is 5.17. The third-order valence-electron chi connectivity index (χ3n) is 3.34. The maximum atomic E-state index is 11.4. The van der Waals surface area contributed by atoms with Crippen LogP contribution in [0.1, 0.15) is 11.1 Å². The Morgan fingerprint density at radius 3 is 2.90 bits per heavy atom. The number of nitrogens with one attached hydrogen (secondary N) is 2. The van der Waals surface area contributed by atoms with E-state index in [-0.39, 0.29) is 5.91 Å². The van der Waals surface area contributed by atoms with Gasteiger partial charge < -0.3 is 16.4 Å². The van der Waals surface area contributed by atoms with Gasteiger partial charge in [0.25, 0.3) is 0 Å². The Balaban J connectivity index is 1.80. The fourth-order valence-electron chi connectivity index (χ4n) is 2.27. The van der Waals surface area contributed by atoms with Crippen molar-refractivity contribution in [1.82, 2.24) is 0 Å². The first-order chi connectivity index (χ1) is 9.63. The lowest BCUT2D eigenvalue weighted by molar-refractivity contribution is -0.115. The molecule has 0 radical (unpaired) electrons. The Morgan fingerprint density at radius 1 is 1.30 bits per heavy atom. The number of carbonyl (C=O) groups is 1. The van der Waals surface area contributed by atoms with Crippen molar-refractivity contribution in [3.8, 4) is 0 Å². The summed E-state index contributed by atoms with van der Waals surface area (Å²) in [5.41, 5.74) is 10.2. The number of anilines is 3. The first-order valence-electron chi connectivity index (χ1n) is 6.33. The summed E-state index contributed by atoms with van der Waals surface area (Å²) in [6.07, 6.45) is 0.397. The molecule has 0 atom stereocenters. The summed E-state index contributed by atoms with van der Waals surface area (Å²) >= 11 is 6.22. The van der Waals surface area contributed by atoms with E-state index >= 15 is 0 Å². The Labute approximate surface area is 121 Å². The number of para-hydroxylation sites is 1. The fourth-order valence-corrected chi connectivity index (χ4v) is 2.50. The minimum Gasteiger partial charge on any atom is -0.398 e. The number of nitrogen functional groups attached to an aromatic ring is 1. The fraction of sp³-hybridized carbons (Fsp3) is 0.133. The predicted molar refractivity (Wildman–Crippen MR) is 82.0 cm³/mol. The van der Waals surface area contributed by atoms with Gasteiger partial charge in [-0.2, -0.15) is 0 Å². The van der Waals surface area contributed by atoms with Crippen LogP contribution in [0.4, 0.5) is 17.1 Å².